The molecule has 0 spiro atoms. The SMILES string of the molecule is CCCNC(=S)N(C)Cc1cccc(C)c1. The van der Waals surface area contributed by atoms with Crippen molar-refractivity contribution in [1.82, 2.24) is 10.2 Å². The third-order valence-electron chi connectivity index (χ3n) is 2.38. The number of rotatable bonds is 4. The van der Waals surface area contributed by atoms with Crippen molar-refractivity contribution in [3.63, 3.8) is 0 Å². The second kappa shape index (κ2) is 6.48. The van der Waals surface area contributed by atoms with Crippen LogP contribution in [-0.4, -0.2) is 23.6 Å². The molecule has 0 atom stereocenters. The first-order chi connectivity index (χ1) is 7.63. The van der Waals surface area contributed by atoms with Crippen LogP contribution in [0.2, 0.25) is 0 Å². The molecule has 0 aliphatic rings. The third kappa shape index (κ3) is 4.19. The van der Waals surface area contributed by atoms with Gasteiger partial charge in [-0.05, 0) is 31.1 Å². The predicted molar refractivity (Wildman–Crippen MR) is 73.5 cm³/mol. The quantitative estimate of drug-likeness (QED) is 0.809. The molecule has 2 nitrogen and oxygen atoms in total. The van der Waals surface area contributed by atoms with Gasteiger partial charge in [-0.2, -0.15) is 0 Å². The van der Waals surface area contributed by atoms with Crippen LogP contribution in [0.3, 0.4) is 0 Å². The molecule has 1 aromatic carbocycles. The average Bonchev–Trinajstić information content (AvgIpc) is 2.25. The zero-order valence-corrected chi connectivity index (χ0v) is 11.1. The van der Waals surface area contributed by atoms with Crippen LogP contribution in [-0.2, 0) is 6.54 Å². The van der Waals surface area contributed by atoms with Crippen LogP contribution in [0.1, 0.15) is 24.5 Å². The van der Waals surface area contributed by atoms with E-state index in [4.69, 9.17) is 12.2 Å². The van der Waals surface area contributed by atoms with Gasteiger partial charge in [-0.25, -0.2) is 0 Å². The summed E-state index contributed by atoms with van der Waals surface area (Å²) in [4.78, 5) is 2.07. The first-order valence-corrected chi connectivity index (χ1v) is 6.09. The molecular formula is C13H20N2S. The van der Waals surface area contributed by atoms with E-state index in [1.807, 2.05) is 7.05 Å². The Kier molecular flexibility index (Phi) is 5.26. The Balaban J connectivity index is 2.50. The molecule has 0 saturated heterocycles. The van der Waals surface area contributed by atoms with Gasteiger partial charge < -0.3 is 10.2 Å². The van der Waals surface area contributed by atoms with Gasteiger partial charge in [-0.3, -0.25) is 0 Å². The number of thiocarbonyl (C=S) groups is 1. The summed E-state index contributed by atoms with van der Waals surface area (Å²) in [7, 11) is 2.02. The smallest absolute Gasteiger partial charge is 0.168 e. The second-order valence-electron chi connectivity index (χ2n) is 4.08. The number of nitrogens with one attached hydrogen (secondary N) is 1. The molecule has 0 amide bonds. The summed E-state index contributed by atoms with van der Waals surface area (Å²) in [6, 6.07) is 8.52. The van der Waals surface area contributed by atoms with Crippen LogP contribution >= 0.6 is 12.2 Å². The molecule has 0 saturated carbocycles. The highest BCUT2D eigenvalue weighted by atomic mass is 32.1. The zero-order valence-electron chi connectivity index (χ0n) is 10.3. The van der Waals surface area contributed by atoms with E-state index < -0.39 is 0 Å². The van der Waals surface area contributed by atoms with E-state index in [0.29, 0.717) is 0 Å². The fourth-order valence-electron chi connectivity index (χ4n) is 1.52. The lowest BCUT2D eigenvalue weighted by atomic mass is 10.1. The van der Waals surface area contributed by atoms with E-state index in [-0.39, 0.29) is 0 Å². The minimum absolute atomic E-state index is 0.823. The maximum absolute atomic E-state index is 5.29. The number of hydrogen-bond acceptors (Lipinski definition) is 1. The van der Waals surface area contributed by atoms with Crippen molar-refractivity contribution in [1.29, 1.82) is 0 Å². The maximum atomic E-state index is 5.29. The molecule has 1 N–H and O–H groups in total. The molecule has 0 aliphatic carbocycles. The average molecular weight is 236 g/mol. The third-order valence-corrected chi connectivity index (χ3v) is 2.83. The fraction of sp³-hybridized carbons (Fsp3) is 0.462. The van der Waals surface area contributed by atoms with Gasteiger partial charge in [0.15, 0.2) is 5.11 Å². The predicted octanol–water partition coefficient (Wildman–Crippen LogP) is 2.71. The molecule has 0 aromatic heterocycles. The Hall–Kier alpha value is -1.09. The second-order valence-corrected chi connectivity index (χ2v) is 4.46. The molecule has 0 bridgehead atoms. The highest BCUT2D eigenvalue weighted by Crippen LogP contribution is 2.06. The highest BCUT2D eigenvalue weighted by molar-refractivity contribution is 7.80. The van der Waals surface area contributed by atoms with Gasteiger partial charge in [-0.1, -0.05) is 36.8 Å². The Morgan fingerprint density at radius 2 is 2.19 bits per heavy atom. The van der Waals surface area contributed by atoms with E-state index >= 15 is 0 Å². The lowest BCUT2D eigenvalue weighted by Crippen LogP contribution is -2.36. The summed E-state index contributed by atoms with van der Waals surface area (Å²) in [6.07, 6.45) is 1.10. The minimum Gasteiger partial charge on any atom is -0.363 e. The molecule has 0 aliphatic heterocycles. The van der Waals surface area contributed by atoms with Crippen molar-refractivity contribution < 1.29 is 0 Å². The van der Waals surface area contributed by atoms with E-state index in [1.54, 1.807) is 0 Å². The van der Waals surface area contributed by atoms with Gasteiger partial charge in [0.25, 0.3) is 0 Å². The number of nitrogens with zero attached hydrogens (tertiary/aromatic N) is 1. The summed E-state index contributed by atoms with van der Waals surface area (Å²) in [5.74, 6) is 0. The van der Waals surface area contributed by atoms with Crippen molar-refractivity contribution in [3.8, 4) is 0 Å². The molecule has 0 fully saturated rings. The fourth-order valence-corrected chi connectivity index (χ4v) is 1.69. The van der Waals surface area contributed by atoms with Crippen molar-refractivity contribution in [2.24, 2.45) is 0 Å². The van der Waals surface area contributed by atoms with Crippen LogP contribution in [0.25, 0.3) is 0 Å². The van der Waals surface area contributed by atoms with Gasteiger partial charge in [0.1, 0.15) is 0 Å². The molecule has 3 heteroatoms. The topological polar surface area (TPSA) is 15.3 Å². The minimum atomic E-state index is 0.823. The zero-order chi connectivity index (χ0) is 12.0. The lowest BCUT2D eigenvalue weighted by molar-refractivity contribution is 0.489. The van der Waals surface area contributed by atoms with E-state index in [0.717, 1.165) is 24.6 Å². The Morgan fingerprint density at radius 3 is 2.81 bits per heavy atom. The monoisotopic (exact) mass is 236 g/mol. The van der Waals surface area contributed by atoms with Crippen molar-refractivity contribution in [2.45, 2.75) is 26.8 Å². The first kappa shape index (κ1) is 13.0. The van der Waals surface area contributed by atoms with Crippen molar-refractivity contribution >= 4 is 17.3 Å². The van der Waals surface area contributed by atoms with Crippen molar-refractivity contribution in [3.05, 3.63) is 35.4 Å². The Morgan fingerprint density at radius 1 is 1.44 bits per heavy atom. The summed E-state index contributed by atoms with van der Waals surface area (Å²) in [5.41, 5.74) is 2.58. The molecule has 88 valence electrons. The summed E-state index contributed by atoms with van der Waals surface area (Å²) >= 11 is 5.29. The Bertz CT molecular complexity index is 350. The molecule has 1 aromatic rings. The number of hydrogen-bond donors (Lipinski definition) is 1. The molecule has 1 rings (SSSR count). The van der Waals surface area contributed by atoms with E-state index in [2.05, 4.69) is 48.3 Å². The van der Waals surface area contributed by atoms with Gasteiger partial charge in [0.2, 0.25) is 0 Å². The highest BCUT2D eigenvalue weighted by Gasteiger charge is 2.03. The number of aryl methyl sites for hydroxylation is 1. The van der Waals surface area contributed by atoms with Crippen LogP contribution in [0.4, 0.5) is 0 Å². The molecule has 0 radical (unpaired) electrons. The van der Waals surface area contributed by atoms with E-state index in [1.165, 1.54) is 11.1 Å². The first-order valence-electron chi connectivity index (χ1n) is 5.68. The number of benzene rings is 1. The Labute approximate surface area is 104 Å². The van der Waals surface area contributed by atoms with Gasteiger partial charge in [0.05, 0.1) is 0 Å². The van der Waals surface area contributed by atoms with Crippen LogP contribution in [0.15, 0.2) is 24.3 Å². The normalized spacial score (nSPS) is 9.94. The van der Waals surface area contributed by atoms with Gasteiger partial charge in [-0.15, -0.1) is 0 Å². The standard InChI is InChI=1S/C13H20N2S/c1-4-8-14-13(16)15(3)10-12-7-5-6-11(2)9-12/h5-7,9H,4,8,10H2,1-3H3,(H,14,16). The largest absolute Gasteiger partial charge is 0.363 e. The summed E-state index contributed by atoms with van der Waals surface area (Å²) < 4.78 is 0. The van der Waals surface area contributed by atoms with Gasteiger partial charge >= 0.3 is 0 Å². The van der Waals surface area contributed by atoms with Crippen molar-refractivity contribution in [2.75, 3.05) is 13.6 Å². The maximum Gasteiger partial charge on any atom is 0.168 e. The molecule has 0 unspecified atom stereocenters. The van der Waals surface area contributed by atoms with Gasteiger partial charge in [0, 0.05) is 20.1 Å². The van der Waals surface area contributed by atoms with E-state index in [9.17, 15) is 0 Å². The summed E-state index contributed by atoms with van der Waals surface area (Å²) in [6.45, 7) is 6.04. The lowest BCUT2D eigenvalue weighted by Gasteiger charge is -2.21. The molecule has 16 heavy (non-hydrogen) atoms. The van der Waals surface area contributed by atoms with Crippen LogP contribution < -0.4 is 5.32 Å². The van der Waals surface area contributed by atoms with Crippen LogP contribution in [0.5, 0.6) is 0 Å². The molecular weight excluding hydrogens is 216 g/mol. The van der Waals surface area contributed by atoms with Crippen LogP contribution in [0, 0.1) is 6.92 Å². The molecule has 0 heterocycles. The summed E-state index contributed by atoms with van der Waals surface area (Å²) in [5, 5.41) is 4.05.